The van der Waals surface area contributed by atoms with E-state index in [4.69, 9.17) is 15.9 Å². The Kier molecular flexibility index (Phi) is 7.77. The highest BCUT2D eigenvalue weighted by atomic mass is 16.3. The van der Waals surface area contributed by atoms with E-state index in [1.165, 1.54) is 0 Å². The van der Waals surface area contributed by atoms with Crippen molar-refractivity contribution < 1.29 is 10.2 Å². The van der Waals surface area contributed by atoms with Crippen LogP contribution in [0, 0.1) is 0 Å². The number of nitrogens with two attached hydrogens (primary N) is 1. The molecule has 0 rings (SSSR count). The Labute approximate surface area is 56.5 Å². The first-order valence-electron chi connectivity index (χ1n) is 2.93. The van der Waals surface area contributed by atoms with Gasteiger partial charge in [0.2, 0.25) is 0 Å². The molecule has 3 heteroatoms. The summed E-state index contributed by atoms with van der Waals surface area (Å²) in [6.45, 7) is 4.06. The van der Waals surface area contributed by atoms with Crippen LogP contribution in [0.25, 0.3) is 0 Å². The molecule has 0 radical (unpaired) electrons. The third-order valence-electron chi connectivity index (χ3n) is 0.756. The van der Waals surface area contributed by atoms with E-state index in [1.807, 2.05) is 0 Å². The van der Waals surface area contributed by atoms with Crippen molar-refractivity contribution in [3.05, 3.63) is 0 Å². The molecule has 58 valence electrons. The maximum atomic E-state index is 8.94. The predicted molar refractivity (Wildman–Crippen MR) is 38.1 cm³/mol. The van der Waals surface area contributed by atoms with Gasteiger partial charge in [0.15, 0.2) is 0 Å². The molecular weight excluding hydrogens is 118 g/mol. The molecule has 0 aliphatic heterocycles. The SMILES string of the molecule is CC(C)(O)CCN.CO. The standard InChI is InChI=1S/C5H13NO.CH4O/c1-5(2,7)3-4-6;1-2/h7H,3-4,6H2,1-2H3;2H,1H3. The molecule has 0 aromatic carbocycles. The molecule has 0 unspecified atom stereocenters. The van der Waals surface area contributed by atoms with Crippen LogP contribution in [-0.4, -0.2) is 29.5 Å². The fraction of sp³-hybridized carbons (Fsp3) is 1.00. The van der Waals surface area contributed by atoms with Crippen LogP contribution in [0.2, 0.25) is 0 Å². The fourth-order valence-electron chi connectivity index (χ4n) is 0.353. The number of rotatable bonds is 2. The highest BCUT2D eigenvalue weighted by molar-refractivity contribution is 4.63. The van der Waals surface area contributed by atoms with Crippen molar-refractivity contribution in [2.45, 2.75) is 25.9 Å². The van der Waals surface area contributed by atoms with E-state index >= 15 is 0 Å². The number of aliphatic hydroxyl groups is 2. The first-order chi connectivity index (χ1) is 4.06. The van der Waals surface area contributed by atoms with Gasteiger partial charge in [-0.1, -0.05) is 0 Å². The van der Waals surface area contributed by atoms with Gasteiger partial charge in [0.05, 0.1) is 5.60 Å². The van der Waals surface area contributed by atoms with Gasteiger partial charge in [-0.25, -0.2) is 0 Å². The predicted octanol–water partition coefficient (Wildman–Crippen LogP) is -0.285. The van der Waals surface area contributed by atoms with Gasteiger partial charge in [-0.3, -0.25) is 0 Å². The Morgan fingerprint density at radius 3 is 1.67 bits per heavy atom. The summed E-state index contributed by atoms with van der Waals surface area (Å²) in [4.78, 5) is 0. The first kappa shape index (κ1) is 11.6. The minimum Gasteiger partial charge on any atom is -0.400 e. The van der Waals surface area contributed by atoms with Gasteiger partial charge in [0.1, 0.15) is 0 Å². The van der Waals surface area contributed by atoms with Gasteiger partial charge in [-0.05, 0) is 26.8 Å². The lowest BCUT2D eigenvalue weighted by molar-refractivity contribution is 0.0737. The summed E-state index contributed by atoms with van der Waals surface area (Å²) >= 11 is 0. The smallest absolute Gasteiger partial charge is 0.0603 e. The van der Waals surface area contributed by atoms with E-state index in [2.05, 4.69) is 0 Å². The molecule has 4 N–H and O–H groups in total. The van der Waals surface area contributed by atoms with Gasteiger partial charge < -0.3 is 15.9 Å². The van der Waals surface area contributed by atoms with E-state index in [9.17, 15) is 0 Å². The second kappa shape index (κ2) is 6.01. The third-order valence-corrected chi connectivity index (χ3v) is 0.756. The van der Waals surface area contributed by atoms with Crippen LogP contribution in [0.5, 0.6) is 0 Å². The quantitative estimate of drug-likeness (QED) is 0.487. The van der Waals surface area contributed by atoms with Gasteiger partial charge in [0, 0.05) is 7.11 Å². The first-order valence-corrected chi connectivity index (χ1v) is 2.93. The summed E-state index contributed by atoms with van der Waals surface area (Å²) in [7, 11) is 1.00. The van der Waals surface area contributed by atoms with Crippen LogP contribution in [0.15, 0.2) is 0 Å². The highest BCUT2D eigenvalue weighted by Crippen LogP contribution is 2.03. The zero-order valence-corrected chi connectivity index (χ0v) is 6.39. The van der Waals surface area contributed by atoms with E-state index < -0.39 is 5.60 Å². The molecule has 0 amide bonds. The van der Waals surface area contributed by atoms with Crippen molar-refractivity contribution in [3.63, 3.8) is 0 Å². The van der Waals surface area contributed by atoms with Gasteiger partial charge in [0.25, 0.3) is 0 Å². The Hall–Kier alpha value is -0.120. The summed E-state index contributed by atoms with van der Waals surface area (Å²) in [5.41, 5.74) is 4.58. The van der Waals surface area contributed by atoms with E-state index in [0.717, 1.165) is 7.11 Å². The molecule has 0 heterocycles. The van der Waals surface area contributed by atoms with Crippen LogP contribution in [0.1, 0.15) is 20.3 Å². The molecule has 0 fully saturated rings. The maximum absolute atomic E-state index is 8.94. The second-order valence-electron chi connectivity index (χ2n) is 2.35. The summed E-state index contributed by atoms with van der Waals surface area (Å²) in [5, 5.41) is 15.9. The molecule has 0 aromatic heterocycles. The highest BCUT2D eigenvalue weighted by Gasteiger charge is 2.08. The molecule has 0 saturated carbocycles. The summed E-state index contributed by atoms with van der Waals surface area (Å²) in [5.74, 6) is 0. The minimum absolute atomic E-state index is 0.559. The lowest BCUT2D eigenvalue weighted by Gasteiger charge is -2.13. The average Bonchev–Trinajstić information content (AvgIpc) is 1.69. The lowest BCUT2D eigenvalue weighted by atomic mass is 10.1. The van der Waals surface area contributed by atoms with Crippen LogP contribution < -0.4 is 5.73 Å². The molecule has 0 aliphatic carbocycles. The Morgan fingerprint density at radius 2 is 1.67 bits per heavy atom. The molecule has 0 spiro atoms. The van der Waals surface area contributed by atoms with E-state index in [-0.39, 0.29) is 0 Å². The summed E-state index contributed by atoms with van der Waals surface area (Å²) in [6.07, 6.45) is 0.674. The van der Waals surface area contributed by atoms with Crippen molar-refractivity contribution in [1.82, 2.24) is 0 Å². The Bertz CT molecular complexity index is 49.5. The topological polar surface area (TPSA) is 66.5 Å². The average molecular weight is 135 g/mol. The van der Waals surface area contributed by atoms with Crippen molar-refractivity contribution >= 4 is 0 Å². The monoisotopic (exact) mass is 135 g/mol. The summed E-state index contributed by atoms with van der Waals surface area (Å²) in [6, 6.07) is 0. The fourth-order valence-corrected chi connectivity index (χ4v) is 0.353. The largest absolute Gasteiger partial charge is 0.400 e. The molecule has 0 aliphatic rings. The minimum atomic E-state index is -0.575. The van der Waals surface area contributed by atoms with Gasteiger partial charge >= 0.3 is 0 Å². The number of hydrogen-bond donors (Lipinski definition) is 3. The second-order valence-corrected chi connectivity index (χ2v) is 2.35. The summed E-state index contributed by atoms with van der Waals surface area (Å²) < 4.78 is 0. The van der Waals surface area contributed by atoms with Crippen LogP contribution >= 0.6 is 0 Å². The number of hydrogen-bond acceptors (Lipinski definition) is 3. The van der Waals surface area contributed by atoms with E-state index in [1.54, 1.807) is 13.8 Å². The Morgan fingerprint density at radius 1 is 1.33 bits per heavy atom. The Balaban J connectivity index is 0. The molecule has 3 nitrogen and oxygen atoms in total. The zero-order chi connectivity index (χ0) is 7.91. The van der Waals surface area contributed by atoms with Crippen molar-refractivity contribution in [2.24, 2.45) is 5.73 Å². The third kappa shape index (κ3) is 18.1. The van der Waals surface area contributed by atoms with Crippen LogP contribution in [0.4, 0.5) is 0 Å². The normalized spacial score (nSPS) is 10.0. The van der Waals surface area contributed by atoms with Crippen molar-refractivity contribution in [3.8, 4) is 0 Å². The number of aliphatic hydroxyl groups excluding tert-OH is 1. The van der Waals surface area contributed by atoms with E-state index in [0.29, 0.717) is 13.0 Å². The van der Waals surface area contributed by atoms with Gasteiger partial charge in [-0.15, -0.1) is 0 Å². The molecule has 0 atom stereocenters. The van der Waals surface area contributed by atoms with Crippen molar-refractivity contribution in [1.29, 1.82) is 0 Å². The maximum Gasteiger partial charge on any atom is 0.0603 e. The van der Waals surface area contributed by atoms with Crippen molar-refractivity contribution in [2.75, 3.05) is 13.7 Å². The van der Waals surface area contributed by atoms with Gasteiger partial charge in [-0.2, -0.15) is 0 Å². The lowest BCUT2D eigenvalue weighted by Crippen LogP contribution is -2.22. The molecule has 9 heavy (non-hydrogen) atoms. The molecule has 0 bridgehead atoms. The molecule has 0 aromatic rings. The molecular formula is C6H17NO2. The molecule has 0 saturated heterocycles. The van der Waals surface area contributed by atoms with Crippen LogP contribution in [0.3, 0.4) is 0 Å². The zero-order valence-electron chi connectivity index (χ0n) is 6.39. The van der Waals surface area contributed by atoms with Crippen LogP contribution in [-0.2, 0) is 0 Å².